The van der Waals surface area contributed by atoms with Gasteiger partial charge in [0.05, 0.1) is 26.3 Å². The minimum absolute atomic E-state index is 0.00688. The number of aromatic nitrogens is 3. The molecule has 0 fully saturated rings. The lowest BCUT2D eigenvalue weighted by Crippen LogP contribution is -2.34. The van der Waals surface area contributed by atoms with Crippen molar-refractivity contribution in [2.75, 3.05) is 26.6 Å². The molecule has 3 rings (SSSR count). The molecule has 0 saturated carbocycles. The SMILES string of the molecule is [C-]#[N+]c1c(-c2cnc(N)c(OC(CF)c3cc(F)ccc3C(=O)OC)c2)c(CN(C)C(=O)OC(C)(C)C)nn1C. The quantitative estimate of drug-likeness (QED) is 0.304. The van der Waals surface area contributed by atoms with Crippen LogP contribution in [0.15, 0.2) is 30.5 Å². The van der Waals surface area contributed by atoms with Crippen molar-refractivity contribution in [1.29, 1.82) is 0 Å². The molecule has 0 aliphatic heterocycles. The third kappa shape index (κ3) is 6.63. The molecule has 2 heterocycles. The Balaban J connectivity index is 2.03. The van der Waals surface area contributed by atoms with Crippen LogP contribution in [0.4, 0.5) is 25.2 Å². The molecule has 0 aliphatic rings. The van der Waals surface area contributed by atoms with Crippen LogP contribution in [0.25, 0.3) is 16.0 Å². The number of pyridine rings is 1. The number of anilines is 1. The van der Waals surface area contributed by atoms with Gasteiger partial charge < -0.3 is 29.7 Å². The zero-order chi connectivity index (χ0) is 29.8. The van der Waals surface area contributed by atoms with Crippen molar-refractivity contribution in [3.8, 4) is 16.9 Å². The van der Waals surface area contributed by atoms with Gasteiger partial charge in [0, 0.05) is 24.4 Å². The van der Waals surface area contributed by atoms with Gasteiger partial charge in [-0.3, -0.25) is 0 Å². The summed E-state index contributed by atoms with van der Waals surface area (Å²) in [6, 6.07) is 4.63. The molecular formula is C27H30F2N6O5. The second-order valence-electron chi connectivity index (χ2n) is 9.81. The number of esters is 1. The highest BCUT2D eigenvalue weighted by Crippen LogP contribution is 2.38. The van der Waals surface area contributed by atoms with E-state index < -0.39 is 36.3 Å². The molecule has 3 aromatic rings. The first-order valence-corrected chi connectivity index (χ1v) is 12.0. The van der Waals surface area contributed by atoms with E-state index >= 15 is 0 Å². The van der Waals surface area contributed by atoms with Gasteiger partial charge in [-0.1, -0.05) is 6.57 Å². The molecule has 0 bridgehead atoms. The first-order valence-electron chi connectivity index (χ1n) is 12.0. The molecule has 13 heteroatoms. The summed E-state index contributed by atoms with van der Waals surface area (Å²) < 4.78 is 45.6. The fraction of sp³-hybridized carbons (Fsp3) is 0.370. The zero-order valence-electron chi connectivity index (χ0n) is 23.0. The number of carbonyl (C=O) groups is 2. The Morgan fingerprint density at radius 2 is 1.98 bits per heavy atom. The fourth-order valence-electron chi connectivity index (χ4n) is 3.85. The molecular weight excluding hydrogens is 526 g/mol. The summed E-state index contributed by atoms with van der Waals surface area (Å²) >= 11 is 0. The number of ether oxygens (including phenoxy) is 3. The van der Waals surface area contributed by atoms with E-state index in [0.29, 0.717) is 16.8 Å². The maximum Gasteiger partial charge on any atom is 0.410 e. The number of aryl methyl sites for hydroxylation is 1. The van der Waals surface area contributed by atoms with Gasteiger partial charge in [0.2, 0.25) is 0 Å². The minimum atomic E-state index is -1.43. The minimum Gasteiger partial charge on any atom is -0.479 e. The highest BCUT2D eigenvalue weighted by Gasteiger charge is 2.27. The van der Waals surface area contributed by atoms with Crippen molar-refractivity contribution < 1.29 is 32.6 Å². The summed E-state index contributed by atoms with van der Waals surface area (Å²) in [6.07, 6.45) is -0.636. The molecule has 0 saturated heterocycles. The Labute approximate surface area is 230 Å². The topological polar surface area (TPSA) is 126 Å². The molecule has 1 atom stereocenters. The molecule has 0 spiro atoms. The summed E-state index contributed by atoms with van der Waals surface area (Å²) in [7, 11) is 4.25. The van der Waals surface area contributed by atoms with Crippen LogP contribution in [-0.4, -0.2) is 58.2 Å². The van der Waals surface area contributed by atoms with E-state index in [9.17, 15) is 18.4 Å². The number of carbonyl (C=O) groups excluding carboxylic acids is 2. The van der Waals surface area contributed by atoms with Crippen LogP contribution in [0, 0.1) is 12.4 Å². The number of rotatable bonds is 8. The van der Waals surface area contributed by atoms with Crippen LogP contribution in [-0.2, 0) is 23.1 Å². The molecule has 1 unspecified atom stereocenters. The molecule has 1 amide bonds. The number of benzene rings is 1. The van der Waals surface area contributed by atoms with Crippen molar-refractivity contribution in [3.05, 3.63) is 64.5 Å². The summed E-state index contributed by atoms with van der Waals surface area (Å²) in [5, 5.41) is 4.40. The number of alkyl halides is 1. The number of methoxy groups -OCH3 is 1. The predicted octanol–water partition coefficient (Wildman–Crippen LogP) is 5.00. The summed E-state index contributed by atoms with van der Waals surface area (Å²) in [5.41, 5.74) is 6.21. The highest BCUT2D eigenvalue weighted by molar-refractivity contribution is 5.91. The van der Waals surface area contributed by atoms with E-state index in [-0.39, 0.29) is 35.1 Å². The van der Waals surface area contributed by atoms with Gasteiger partial charge in [-0.15, -0.1) is 5.10 Å². The van der Waals surface area contributed by atoms with Crippen LogP contribution < -0.4 is 10.5 Å². The van der Waals surface area contributed by atoms with Gasteiger partial charge in [-0.2, -0.15) is 0 Å². The van der Waals surface area contributed by atoms with E-state index in [4.69, 9.17) is 26.5 Å². The van der Waals surface area contributed by atoms with Crippen molar-refractivity contribution in [2.45, 2.75) is 39.0 Å². The maximum absolute atomic E-state index is 14.2. The van der Waals surface area contributed by atoms with Crippen molar-refractivity contribution in [3.63, 3.8) is 0 Å². The molecule has 2 aromatic heterocycles. The van der Waals surface area contributed by atoms with Gasteiger partial charge in [0.1, 0.15) is 23.8 Å². The summed E-state index contributed by atoms with van der Waals surface area (Å²) in [4.78, 5) is 33.8. The predicted molar refractivity (Wildman–Crippen MR) is 142 cm³/mol. The third-order valence-corrected chi connectivity index (χ3v) is 5.63. The first-order chi connectivity index (χ1) is 18.8. The number of nitrogen functional groups attached to an aromatic ring is 1. The number of amides is 1. The number of nitrogens with two attached hydrogens (primary N) is 1. The van der Waals surface area contributed by atoms with Gasteiger partial charge in [0.15, 0.2) is 17.7 Å². The molecule has 1 aromatic carbocycles. The lowest BCUT2D eigenvalue weighted by molar-refractivity contribution is 0.0283. The molecule has 11 nitrogen and oxygen atoms in total. The molecule has 0 radical (unpaired) electrons. The van der Waals surface area contributed by atoms with Crippen LogP contribution in [0.1, 0.15) is 48.5 Å². The van der Waals surface area contributed by atoms with Gasteiger partial charge in [0.25, 0.3) is 5.82 Å². The Morgan fingerprint density at radius 1 is 1.27 bits per heavy atom. The summed E-state index contributed by atoms with van der Waals surface area (Å²) in [5.74, 6) is -1.55. The standard InChI is InChI=1S/C27H30F2N6O5/c1-27(2,3)40-26(37)34(5)14-19-22(24(31-4)35(6)33-19)15-10-20(23(30)32-13-15)39-21(12-28)18-11-16(29)8-9-17(18)25(36)38-7/h8-11,13,21H,12,14H2,1-3,5-7H3,(H2,30,32). The molecule has 2 N–H and O–H groups in total. The maximum atomic E-state index is 14.2. The van der Waals surface area contributed by atoms with E-state index in [0.717, 1.165) is 19.2 Å². The van der Waals surface area contributed by atoms with Crippen molar-refractivity contribution in [2.24, 2.45) is 7.05 Å². The molecule has 0 aliphatic carbocycles. The Bertz CT molecular complexity index is 1460. The highest BCUT2D eigenvalue weighted by atomic mass is 19.1. The fourth-order valence-corrected chi connectivity index (χ4v) is 3.85. The van der Waals surface area contributed by atoms with Crippen LogP contribution in [0.5, 0.6) is 5.75 Å². The Kier molecular flexibility index (Phi) is 8.93. The Hall–Kier alpha value is -4.73. The second kappa shape index (κ2) is 12.0. The van der Waals surface area contributed by atoms with Crippen molar-refractivity contribution >= 4 is 23.7 Å². The lowest BCUT2D eigenvalue weighted by atomic mass is 10.0. The third-order valence-electron chi connectivity index (χ3n) is 5.63. The smallest absolute Gasteiger partial charge is 0.410 e. The lowest BCUT2D eigenvalue weighted by Gasteiger charge is -2.24. The normalized spacial score (nSPS) is 11.9. The van der Waals surface area contributed by atoms with E-state index in [1.165, 1.54) is 35.0 Å². The Morgan fingerprint density at radius 3 is 2.58 bits per heavy atom. The number of halogens is 2. The van der Waals surface area contributed by atoms with E-state index in [1.807, 2.05) is 0 Å². The zero-order valence-corrected chi connectivity index (χ0v) is 23.0. The van der Waals surface area contributed by atoms with Gasteiger partial charge in [-0.25, -0.2) is 28.0 Å². The monoisotopic (exact) mass is 556 g/mol. The first kappa shape index (κ1) is 29.8. The van der Waals surface area contributed by atoms with Gasteiger partial charge >= 0.3 is 12.1 Å². The van der Waals surface area contributed by atoms with Crippen LogP contribution in [0.2, 0.25) is 0 Å². The molecule has 212 valence electrons. The van der Waals surface area contributed by atoms with Crippen molar-refractivity contribution in [1.82, 2.24) is 19.7 Å². The molecule has 40 heavy (non-hydrogen) atoms. The number of nitrogens with zero attached hydrogens (tertiary/aromatic N) is 5. The largest absolute Gasteiger partial charge is 0.479 e. The van der Waals surface area contributed by atoms with E-state index in [1.54, 1.807) is 27.8 Å². The number of hydrogen-bond acceptors (Lipinski definition) is 8. The van der Waals surface area contributed by atoms with Gasteiger partial charge in [-0.05, 0) is 50.6 Å². The number of hydrogen-bond donors (Lipinski definition) is 1. The summed E-state index contributed by atoms with van der Waals surface area (Å²) in [6.45, 7) is 11.8. The van der Waals surface area contributed by atoms with E-state index in [2.05, 4.69) is 14.9 Å². The average Bonchev–Trinajstić information content (AvgIpc) is 3.20. The van der Waals surface area contributed by atoms with Crippen LogP contribution >= 0.6 is 0 Å². The second-order valence-corrected chi connectivity index (χ2v) is 9.81. The average molecular weight is 557 g/mol. The van der Waals surface area contributed by atoms with Crippen LogP contribution in [0.3, 0.4) is 0 Å².